The van der Waals surface area contributed by atoms with Crippen LogP contribution in [0.4, 0.5) is 18.9 Å². The van der Waals surface area contributed by atoms with Gasteiger partial charge in [0.1, 0.15) is 5.75 Å². The van der Waals surface area contributed by atoms with Crippen LogP contribution in [0, 0.1) is 0 Å². The molecule has 0 spiro atoms. The van der Waals surface area contributed by atoms with Crippen LogP contribution in [0.5, 0.6) is 17.2 Å². The fraction of sp³-hybridized carbons (Fsp3) is 0.217. The standard InChI is InChI=1S/C23H22F3NO5S/c1-30-19-8-10-20(11-9-19)33(28,29)27(18-7-12-21(31-2)22(14-18)32-3)15-16-5-4-6-17(13-16)23(24,25)26/h4-14H,15H2,1-3H3. The zero-order valence-electron chi connectivity index (χ0n) is 18.1. The first kappa shape index (κ1) is 24.2. The van der Waals surface area contributed by atoms with Crippen molar-refractivity contribution < 1.29 is 35.8 Å². The number of rotatable bonds is 8. The van der Waals surface area contributed by atoms with Gasteiger partial charge in [0.05, 0.1) is 44.0 Å². The number of hydrogen-bond donors (Lipinski definition) is 0. The van der Waals surface area contributed by atoms with Crippen molar-refractivity contribution >= 4 is 15.7 Å². The predicted octanol–water partition coefficient (Wildman–Crippen LogP) is 5.13. The zero-order valence-corrected chi connectivity index (χ0v) is 18.9. The molecule has 0 aliphatic heterocycles. The average molecular weight is 481 g/mol. The molecule has 33 heavy (non-hydrogen) atoms. The van der Waals surface area contributed by atoms with Crippen molar-refractivity contribution in [3.8, 4) is 17.2 Å². The average Bonchev–Trinajstić information content (AvgIpc) is 2.81. The van der Waals surface area contributed by atoms with Crippen molar-refractivity contribution in [2.24, 2.45) is 0 Å². The van der Waals surface area contributed by atoms with Gasteiger partial charge >= 0.3 is 6.18 Å². The molecule has 0 heterocycles. The lowest BCUT2D eigenvalue weighted by atomic mass is 10.1. The van der Waals surface area contributed by atoms with E-state index >= 15 is 0 Å². The first-order chi connectivity index (χ1) is 15.6. The number of hydrogen-bond acceptors (Lipinski definition) is 5. The van der Waals surface area contributed by atoms with Crippen molar-refractivity contribution in [2.45, 2.75) is 17.6 Å². The molecular weight excluding hydrogens is 459 g/mol. The largest absolute Gasteiger partial charge is 0.497 e. The van der Waals surface area contributed by atoms with Crippen LogP contribution in [-0.2, 0) is 22.7 Å². The molecule has 0 fully saturated rings. The molecule has 0 bridgehead atoms. The minimum atomic E-state index is -4.56. The Hall–Kier alpha value is -3.40. The molecule has 0 saturated heterocycles. The Morgan fingerprint density at radius 1 is 0.818 bits per heavy atom. The molecule has 0 atom stereocenters. The Morgan fingerprint density at radius 3 is 2.06 bits per heavy atom. The molecule has 0 unspecified atom stereocenters. The first-order valence-electron chi connectivity index (χ1n) is 9.65. The third-order valence-electron chi connectivity index (χ3n) is 4.88. The summed E-state index contributed by atoms with van der Waals surface area (Å²) in [6.45, 7) is -0.340. The van der Waals surface area contributed by atoms with Crippen molar-refractivity contribution in [1.29, 1.82) is 0 Å². The predicted molar refractivity (Wildman–Crippen MR) is 117 cm³/mol. The quantitative estimate of drug-likeness (QED) is 0.447. The Balaban J connectivity index is 2.12. The number of alkyl halides is 3. The van der Waals surface area contributed by atoms with Crippen molar-refractivity contribution in [1.82, 2.24) is 0 Å². The van der Waals surface area contributed by atoms with Gasteiger partial charge in [-0.2, -0.15) is 13.2 Å². The van der Waals surface area contributed by atoms with E-state index in [2.05, 4.69) is 0 Å². The summed E-state index contributed by atoms with van der Waals surface area (Å²) in [6.07, 6.45) is -4.56. The van der Waals surface area contributed by atoms with E-state index in [9.17, 15) is 21.6 Å². The van der Waals surface area contributed by atoms with Gasteiger partial charge in [-0.3, -0.25) is 4.31 Å². The Morgan fingerprint density at radius 2 is 1.48 bits per heavy atom. The molecule has 0 amide bonds. The van der Waals surface area contributed by atoms with Crippen LogP contribution in [0.3, 0.4) is 0 Å². The maximum absolute atomic E-state index is 13.6. The van der Waals surface area contributed by atoms with Crippen LogP contribution in [0.15, 0.2) is 71.6 Å². The molecule has 3 aromatic rings. The summed E-state index contributed by atoms with van der Waals surface area (Å²) < 4.78 is 83.3. The molecule has 6 nitrogen and oxygen atoms in total. The molecule has 0 radical (unpaired) electrons. The van der Waals surface area contributed by atoms with E-state index in [0.717, 1.165) is 16.4 Å². The molecule has 0 aliphatic carbocycles. The van der Waals surface area contributed by atoms with E-state index in [0.29, 0.717) is 11.5 Å². The highest BCUT2D eigenvalue weighted by Gasteiger charge is 2.31. The second kappa shape index (κ2) is 9.62. The maximum atomic E-state index is 13.6. The lowest BCUT2D eigenvalue weighted by Crippen LogP contribution is -2.30. The molecular formula is C23H22F3NO5S. The lowest BCUT2D eigenvalue weighted by Gasteiger charge is -2.26. The van der Waals surface area contributed by atoms with E-state index in [-0.39, 0.29) is 28.4 Å². The summed E-state index contributed by atoms with van der Waals surface area (Å²) in [6, 6.07) is 14.7. The number of anilines is 1. The topological polar surface area (TPSA) is 65.1 Å². The summed E-state index contributed by atoms with van der Waals surface area (Å²) in [5.41, 5.74) is -0.508. The van der Waals surface area contributed by atoms with E-state index in [1.54, 1.807) is 0 Å². The molecule has 3 rings (SSSR count). The Kier molecular flexibility index (Phi) is 7.06. The minimum absolute atomic E-state index is 0.0509. The van der Waals surface area contributed by atoms with E-state index < -0.39 is 21.8 Å². The van der Waals surface area contributed by atoms with Gasteiger partial charge in [-0.1, -0.05) is 12.1 Å². The van der Waals surface area contributed by atoms with Gasteiger partial charge in [0.2, 0.25) is 0 Å². The fourth-order valence-corrected chi connectivity index (χ4v) is 4.63. The van der Waals surface area contributed by atoms with Gasteiger partial charge in [0.25, 0.3) is 10.0 Å². The highest BCUT2D eigenvalue weighted by molar-refractivity contribution is 7.92. The zero-order chi connectivity index (χ0) is 24.2. The van der Waals surface area contributed by atoms with Gasteiger partial charge < -0.3 is 14.2 Å². The number of ether oxygens (including phenoxy) is 3. The number of nitrogens with zero attached hydrogens (tertiary/aromatic N) is 1. The van der Waals surface area contributed by atoms with Crippen molar-refractivity contribution in [3.63, 3.8) is 0 Å². The maximum Gasteiger partial charge on any atom is 0.416 e. The smallest absolute Gasteiger partial charge is 0.416 e. The second-order valence-electron chi connectivity index (χ2n) is 6.92. The molecule has 176 valence electrons. The molecule has 3 aromatic carbocycles. The summed E-state index contributed by atoms with van der Waals surface area (Å²) in [4.78, 5) is -0.0509. The van der Waals surface area contributed by atoms with Gasteiger partial charge in [0.15, 0.2) is 11.5 Å². The minimum Gasteiger partial charge on any atom is -0.497 e. The molecule has 10 heteroatoms. The molecule has 0 saturated carbocycles. The lowest BCUT2D eigenvalue weighted by molar-refractivity contribution is -0.137. The summed E-state index contributed by atoms with van der Waals surface area (Å²) in [7, 11) is 0.118. The Labute approximate surface area is 190 Å². The monoisotopic (exact) mass is 481 g/mol. The van der Waals surface area contributed by atoms with Gasteiger partial charge in [0, 0.05) is 6.07 Å². The van der Waals surface area contributed by atoms with Crippen LogP contribution in [0.1, 0.15) is 11.1 Å². The molecule has 0 aromatic heterocycles. The van der Waals surface area contributed by atoms with Crippen molar-refractivity contribution in [3.05, 3.63) is 77.9 Å². The number of methoxy groups -OCH3 is 3. The highest BCUT2D eigenvalue weighted by atomic mass is 32.2. The van der Waals surface area contributed by atoms with Crippen LogP contribution in [-0.4, -0.2) is 29.7 Å². The summed E-state index contributed by atoms with van der Waals surface area (Å²) >= 11 is 0. The van der Waals surface area contributed by atoms with E-state index in [1.165, 1.54) is 75.9 Å². The van der Waals surface area contributed by atoms with Crippen molar-refractivity contribution in [2.75, 3.05) is 25.6 Å². The number of benzene rings is 3. The van der Waals surface area contributed by atoms with Gasteiger partial charge in [-0.05, 0) is 54.1 Å². The van der Waals surface area contributed by atoms with Gasteiger partial charge in [-0.25, -0.2) is 8.42 Å². The van der Waals surface area contributed by atoms with E-state index in [4.69, 9.17) is 14.2 Å². The summed E-state index contributed by atoms with van der Waals surface area (Å²) in [5, 5.41) is 0. The highest BCUT2D eigenvalue weighted by Crippen LogP contribution is 2.36. The second-order valence-corrected chi connectivity index (χ2v) is 8.79. The van der Waals surface area contributed by atoms with Crippen LogP contribution in [0.2, 0.25) is 0 Å². The Bertz CT molecular complexity index is 1210. The third kappa shape index (κ3) is 5.33. The van der Waals surface area contributed by atoms with Gasteiger partial charge in [-0.15, -0.1) is 0 Å². The third-order valence-corrected chi connectivity index (χ3v) is 6.67. The SMILES string of the molecule is COc1ccc(S(=O)(=O)N(Cc2cccc(C(F)(F)F)c2)c2ccc(OC)c(OC)c2)cc1. The number of sulfonamides is 1. The molecule has 0 aliphatic rings. The first-order valence-corrected chi connectivity index (χ1v) is 11.1. The fourth-order valence-electron chi connectivity index (χ4n) is 3.18. The summed E-state index contributed by atoms with van der Waals surface area (Å²) in [5.74, 6) is 1.11. The number of halogens is 3. The van der Waals surface area contributed by atoms with Crippen LogP contribution < -0.4 is 18.5 Å². The van der Waals surface area contributed by atoms with E-state index in [1.807, 2.05) is 0 Å². The molecule has 0 N–H and O–H groups in total. The van der Waals surface area contributed by atoms with Crippen LogP contribution >= 0.6 is 0 Å². The van der Waals surface area contributed by atoms with Crippen LogP contribution in [0.25, 0.3) is 0 Å². The normalized spacial score (nSPS) is 11.7.